The van der Waals surface area contributed by atoms with E-state index in [9.17, 15) is 18.4 Å². The van der Waals surface area contributed by atoms with E-state index >= 15 is 0 Å². The van der Waals surface area contributed by atoms with Crippen LogP contribution < -0.4 is 14.4 Å². The molecule has 1 aliphatic rings. The Morgan fingerprint density at radius 1 is 1.05 bits per heavy atom. The van der Waals surface area contributed by atoms with Gasteiger partial charge in [0, 0.05) is 28.2 Å². The Kier molecular flexibility index (Phi) is 8.65. The maximum atomic E-state index is 13.1. The van der Waals surface area contributed by atoms with Gasteiger partial charge in [-0.05, 0) is 79.1 Å². The van der Waals surface area contributed by atoms with Crippen LogP contribution in [0.1, 0.15) is 42.8 Å². The smallest absolute Gasteiger partial charge is 0.329 e. The molecule has 1 heterocycles. The molecule has 0 radical (unpaired) electrons. The van der Waals surface area contributed by atoms with E-state index in [2.05, 4.69) is 5.32 Å². The Morgan fingerprint density at radius 2 is 1.69 bits per heavy atom. The third-order valence-electron chi connectivity index (χ3n) is 7.38. The van der Waals surface area contributed by atoms with Gasteiger partial charge < -0.3 is 23.8 Å². The van der Waals surface area contributed by atoms with Gasteiger partial charge >= 0.3 is 5.97 Å². The van der Waals surface area contributed by atoms with Gasteiger partial charge in [0.15, 0.2) is 5.76 Å². The first kappa shape index (κ1) is 29.3. The highest BCUT2D eigenvalue weighted by molar-refractivity contribution is 7.80. The lowest BCUT2D eigenvalue weighted by Gasteiger charge is -2.35. The van der Waals surface area contributed by atoms with Crippen LogP contribution in [-0.4, -0.2) is 40.4 Å². The summed E-state index contributed by atoms with van der Waals surface area (Å²) in [5, 5.41) is 3.71. The van der Waals surface area contributed by atoms with E-state index in [1.807, 2.05) is 37.3 Å². The van der Waals surface area contributed by atoms with Crippen molar-refractivity contribution in [3.05, 3.63) is 78.1 Å². The van der Waals surface area contributed by atoms with Crippen molar-refractivity contribution in [2.75, 3.05) is 23.3 Å². The number of rotatable bonds is 11. The second-order valence-electron chi connectivity index (χ2n) is 10.8. The molecule has 1 aromatic heterocycles. The van der Waals surface area contributed by atoms with Crippen molar-refractivity contribution in [3.8, 4) is 16.9 Å². The number of hydrogen-bond acceptors (Lipinski definition) is 7. The number of carbonyl (C=O) groups excluding carboxylic acids is 2. The number of methoxy groups -OCH3 is 1. The standard InChI is InChI=1S/C32H34N2O7S/c1-19(2)29(32(36)39-4)34(42(37)38)25-16-12-23(13-17-25)22-10-14-24(15-11-22)33-31(35)30-20(3)28-26(40-18-21-8-9-21)6-5-7-27(28)41-30/h5-7,10-17,19,21,29H,8-9,18H2,1-4H3,(H,33,35)(H,37,38)/p-1. The number of benzene rings is 3. The van der Waals surface area contributed by atoms with Gasteiger partial charge in [-0.25, -0.2) is 4.79 Å². The molecule has 10 heteroatoms. The van der Waals surface area contributed by atoms with Gasteiger partial charge in [-0.2, -0.15) is 0 Å². The van der Waals surface area contributed by atoms with E-state index in [-0.39, 0.29) is 17.6 Å². The monoisotopic (exact) mass is 589 g/mol. The molecule has 3 aromatic carbocycles. The van der Waals surface area contributed by atoms with Gasteiger partial charge in [0.25, 0.3) is 5.91 Å². The first-order chi connectivity index (χ1) is 20.2. The van der Waals surface area contributed by atoms with Crippen molar-refractivity contribution < 1.29 is 32.2 Å². The zero-order chi connectivity index (χ0) is 30.0. The topological polar surface area (TPSA) is 121 Å². The number of esters is 1. The Balaban J connectivity index is 1.30. The predicted molar refractivity (Wildman–Crippen MR) is 161 cm³/mol. The van der Waals surface area contributed by atoms with E-state index in [0.29, 0.717) is 29.5 Å². The molecule has 4 aromatic rings. The Hall–Kier alpha value is -4.15. The first-order valence-corrected chi connectivity index (χ1v) is 14.8. The summed E-state index contributed by atoms with van der Waals surface area (Å²) in [6.07, 6.45) is 2.38. The summed E-state index contributed by atoms with van der Waals surface area (Å²) in [7, 11) is 1.23. The normalized spacial score (nSPS) is 14.4. The van der Waals surface area contributed by atoms with Crippen LogP contribution in [0, 0.1) is 18.8 Å². The van der Waals surface area contributed by atoms with Crippen molar-refractivity contribution in [2.24, 2.45) is 11.8 Å². The lowest BCUT2D eigenvalue weighted by atomic mass is 10.0. The van der Waals surface area contributed by atoms with Gasteiger partial charge in [0.1, 0.15) is 17.4 Å². The number of amides is 1. The second kappa shape index (κ2) is 12.4. The molecule has 1 aliphatic carbocycles. The van der Waals surface area contributed by atoms with Crippen LogP contribution >= 0.6 is 0 Å². The molecule has 0 aliphatic heterocycles. The Bertz CT molecular complexity index is 1610. The predicted octanol–water partition coefficient (Wildman–Crippen LogP) is 6.25. The fourth-order valence-electron chi connectivity index (χ4n) is 4.93. The van der Waals surface area contributed by atoms with Crippen LogP contribution in [0.15, 0.2) is 71.1 Å². The average molecular weight is 590 g/mol. The molecule has 1 saturated carbocycles. The van der Waals surface area contributed by atoms with Gasteiger partial charge in [0.2, 0.25) is 0 Å². The lowest BCUT2D eigenvalue weighted by Crippen LogP contribution is -2.46. The number of anilines is 2. The summed E-state index contributed by atoms with van der Waals surface area (Å²) in [4.78, 5) is 25.5. The van der Waals surface area contributed by atoms with Gasteiger partial charge in [0.05, 0.1) is 19.1 Å². The fourth-order valence-corrected chi connectivity index (χ4v) is 5.74. The van der Waals surface area contributed by atoms with Crippen LogP contribution in [0.4, 0.5) is 11.4 Å². The molecular weight excluding hydrogens is 556 g/mol. The molecule has 0 bridgehead atoms. The highest BCUT2D eigenvalue weighted by Crippen LogP contribution is 2.36. The van der Waals surface area contributed by atoms with Gasteiger partial charge in [-0.15, -0.1) is 0 Å². The summed E-state index contributed by atoms with van der Waals surface area (Å²) in [6, 6.07) is 18.7. The fraction of sp³-hybridized carbons (Fsp3) is 0.312. The van der Waals surface area contributed by atoms with Crippen LogP contribution in [0.5, 0.6) is 5.75 Å². The summed E-state index contributed by atoms with van der Waals surface area (Å²) < 4.78 is 41.9. The summed E-state index contributed by atoms with van der Waals surface area (Å²) >= 11 is -2.68. The van der Waals surface area contributed by atoms with Crippen LogP contribution in [0.2, 0.25) is 0 Å². The molecule has 2 atom stereocenters. The minimum Gasteiger partial charge on any atom is -0.755 e. The number of furan rings is 1. The van der Waals surface area contributed by atoms with E-state index in [1.54, 1.807) is 50.2 Å². The van der Waals surface area contributed by atoms with E-state index in [0.717, 1.165) is 32.1 Å². The number of ether oxygens (including phenoxy) is 2. The number of aryl methyl sites for hydroxylation is 1. The zero-order valence-corrected chi connectivity index (χ0v) is 24.7. The van der Waals surface area contributed by atoms with Crippen molar-refractivity contribution in [1.82, 2.24) is 0 Å². The molecule has 0 spiro atoms. The molecule has 5 rings (SSSR count). The summed E-state index contributed by atoms with van der Waals surface area (Å²) in [5.41, 5.74) is 3.97. The number of hydrogen-bond donors (Lipinski definition) is 1. The second-order valence-corrected chi connectivity index (χ2v) is 11.6. The van der Waals surface area contributed by atoms with Crippen LogP contribution in [0.25, 0.3) is 22.1 Å². The highest BCUT2D eigenvalue weighted by atomic mass is 32.2. The number of nitrogens with zero attached hydrogens (tertiary/aromatic N) is 1. The number of carbonyl (C=O) groups is 2. The molecule has 0 saturated heterocycles. The Labute approximate surface area is 247 Å². The maximum Gasteiger partial charge on any atom is 0.329 e. The molecule has 1 fully saturated rings. The highest BCUT2D eigenvalue weighted by Gasteiger charge is 2.31. The summed E-state index contributed by atoms with van der Waals surface area (Å²) in [6.45, 7) is 6.04. The third-order valence-corrected chi connectivity index (χ3v) is 8.14. The van der Waals surface area contributed by atoms with Crippen molar-refractivity contribution in [2.45, 2.75) is 39.7 Å². The molecule has 1 N–H and O–H groups in total. The molecule has 1 amide bonds. The lowest BCUT2D eigenvalue weighted by molar-refractivity contribution is -0.142. The average Bonchev–Trinajstić information content (AvgIpc) is 3.75. The zero-order valence-electron chi connectivity index (χ0n) is 23.9. The number of fused-ring (bicyclic) bond motifs is 1. The van der Waals surface area contributed by atoms with E-state index in [4.69, 9.17) is 13.9 Å². The van der Waals surface area contributed by atoms with Crippen molar-refractivity contribution >= 4 is 45.5 Å². The summed E-state index contributed by atoms with van der Waals surface area (Å²) in [5.74, 6) is 0.284. The minimum absolute atomic E-state index is 0.235. The molecule has 2 unspecified atom stereocenters. The largest absolute Gasteiger partial charge is 0.755 e. The van der Waals surface area contributed by atoms with Crippen molar-refractivity contribution in [1.29, 1.82) is 0 Å². The first-order valence-electron chi connectivity index (χ1n) is 13.8. The van der Waals surface area contributed by atoms with Gasteiger partial charge in [-0.1, -0.05) is 44.2 Å². The minimum atomic E-state index is -2.68. The third kappa shape index (κ3) is 6.19. The van der Waals surface area contributed by atoms with Crippen LogP contribution in [-0.2, 0) is 20.8 Å². The molecule has 42 heavy (non-hydrogen) atoms. The quantitative estimate of drug-likeness (QED) is 0.162. The van der Waals surface area contributed by atoms with E-state index in [1.165, 1.54) is 20.0 Å². The van der Waals surface area contributed by atoms with E-state index < -0.39 is 23.3 Å². The number of nitrogens with one attached hydrogen (secondary N) is 1. The SMILES string of the molecule is COC(=O)C(C(C)C)N(c1ccc(-c2ccc(NC(=O)c3oc4cccc(OCC5CC5)c4c3C)cc2)cc1)S(=O)[O-]. The van der Waals surface area contributed by atoms with Crippen molar-refractivity contribution in [3.63, 3.8) is 0 Å². The Morgan fingerprint density at radius 3 is 2.26 bits per heavy atom. The molecule has 9 nitrogen and oxygen atoms in total. The van der Waals surface area contributed by atoms with Crippen LogP contribution in [0.3, 0.4) is 0 Å². The maximum absolute atomic E-state index is 13.1. The van der Waals surface area contributed by atoms with Gasteiger partial charge in [-0.3, -0.25) is 13.3 Å². The molecular formula is C32H33N2O7S-. The molecule has 220 valence electrons.